The van der Waals surface area contributed by atoms with Crippen molar-refractivity contribution in [2.24, 2.45) is 22.7 Å². The maximum atomic E-state index is 13.0. The van der Waals surface area contributed by atoms with Crippen LogP contribution in [0.3, 0.4) is 0 Å². The lowest BCUT2D eigenvalue weighted by Gasteiger charge is -2.36. The van der Waals surface area contributed by atoms with Crippen molar-refractivity contribution in [2.75, 3.05) is 6.54 Å². The number of Topliss-reactive ketones (excluding diaryl/α,β-unsaturated/α-hetero) is 1. The standard InChI is InChI=1S/C18H31NO2/c1-17(2,3)15(20)14-13-10-8-7-9-12(13)11-19(14)16(21)18(4,5)6/h12-14H,7-11H2,1-6H3. The third-order valence-electron chi connectivity index (χ3n) is 5.05. The Labute approximate surface area is 129 Å². The lowest BCUT2D eigenvalue weighted by molar-refractivity contribution is -0.147. The molecule has 1 saturated heterocycles. The van der Waals surface area contributed by atoms with Gasteiger partial charge in [-0.2, -0.15) is 0 Å². The van der Waals surface area contributed by atoms with Crippen molar-refractivity contribution < 1.29 is 9.59 Å². The predicted octanol–water partition coefficient (Wildman–Crippen LogP) is 3.66. The molecule has 0 N–H and O–H groups in total. The molecule has 120 valence electrons. The highest BCUT2D eigenvalue weighted by Crippen LogP contribution is 2.44. The molecule has 3 unspecified atom stereocenters. The predicted molar refractivity (Wildman–Crippen MR) is 84.9 cm³/mol. The number of fused-ring (bicyclic) bond motifs is 1. The van der Waals surface area contributed by atoms with Gasteiger partial charge in [0.1, 0.15) is 0 Å². The lowest BCUT2D eigenvalue weighted by Crippen LogP contribution is -2.50. The maximum Gasteiger partial charge on any atom is 0.228 e. The second kappa shape index (κ2) is 5.40. The number of hydrogen-bond acceptors (Lipinski definition) is 2. The van der Waals surface area contributed by atoms with Crippen LogP contribution in [-0.4, -0.2) is 29.2 Å². The number of nitrogens with zero attached hydrogens (tertiary/aromatic N) is 1. The Morgan fingerprint density at radius 3 is 2.00 bits per heavy atom. The first kappa shape index (κ1) is 16.5. The first-order chi connectivity index (χ1) is 9.53. The molecule has 0 spiro atoms. The molecule has 2 rings (SSSR count). The average Bonchev–Trinajstić information content (AvgIpc) is 2.73. The smallest absolute Gasteiger partial charge is 0.228 e. The third-order valence-corrected chi connectivity index (χ3v) is 5.05. The van der Waals surface area contributed by atoms with Crippen LogP contribution in [0.1, 0.15) is 67.2 Å². The van der Waals surface area contributed by atoms with E-state index in [1.54, 1.807) is 0 Å². The van der Waals surface area contributed by atoms with Gasteiger partial charge in [-0.25, -0.2) is 0 Å². The fourth-order valence-electron chi connectivity index (χ4n) is 3.90. The largest absolute Gasteiger partial charge is 0.332 e. The Kier molecular flexibility index (Phi) is 4.25. The van der Waals surface area contributed by atoms with Gasteiger partial charge in [-0.05, 0) is 24.7 Å². The summed E-state index contributed by atoms with van der Waals surface area (Å²) in [6.45, 7) is 12.6. The van der Waals surface area contributed by atoms with Crippen LogP contribution < -0.4 is 0 Å². The maximum absolute atomic E-state index is 13.0. The van der Waals surface area contributed by atoms with Gasteiger partial charge < -0.3 is 4.90 Å². The molecule has 0 aromatic rings. The summed E-state index contributed by atoms with van der Waals surface area (Å²) in [5.74, 6) is 1.30. The number of amides is 1. The highest BCUT2D eigenvalue weighted by molar-refractivity contribution is 5.94. The molecule has 0 bridgehead atoms. The van der Waals surface area contributed by atoms with Crippen molar-refractivity contribution >= 4 is 11.7 Å². The Morgan fingerprint density at radius 2 is 1.48 bits per heavy atom. The summed E-state index contributed by atoms with van der Waals surface area (Å²) < 4.78 is 0. The van der Waals surface area contributed by atoms with Crippen molar-refractivity contribution in [2.45, 2.75) is 73.3 Å². The molecule has 1 aliphatic carbocycles. The van der Waals surface area contributed by atoms with Gasteiger partial charge in [0.15, 0.2) is 5.78 Å². The van der Waals surface area contributed by atoms with Crippen molar-refractivity contribution in [3.63, 3.8) is 0 Å². The van der Waals surface area contributed by atoms with E-state index in [-0.39, 0.29) is 23.1 Å². The van der Waals surface area contributed by atoms with E-state index in [4.69, 9.17) is 0 Å². The SMILES string of the molecule is CC(C)(C)C(=O)C1C2CCCCC2CN1C(=O)C(C)(C)C. The van der Waals surface area contributed by atoms with Gasteiger partial charge in [0, 0.05) is 17.4 Å². The van der Waals surface area contributed by atoms with E-state index in [0.717, 1.165) is 13.0 Å². The van der Waals surface area contributed by atoms with Crippen molar-refractivity contribution in [3.8, 4) is 0 Å². The van der Waals surface area contributed by atoms with E-state index >= 15 is 0 Å². The summed E-state index contributed by atoms with van der Waals surface area (Å²) in [7, 11) is 0. The summed E-state index contributed by atoms with van der Waals surface area (Å²) in [5, 5.41) is 0. The molecule has 1 amide bonds. The summed E-state index contributed by atoms with van der Waals surface area (Å²) in [4.78, 5) is 27.7. The van der Waals surface area contributed by atoms with Crippen molar-refractivity contribution in [1.82, 2.24) is 4.90 Å². The molecular weight excluding hydrogens is 262 g/mol. The second-order valence-corrected chi connectivity index (χ2v) is 8.97. The van der Waals surface area contributed by atoms with Crippen LogP contribution in [0.25, 0.3) is 0 Å². The second-order valence-electron chi connectivity index (χ2n) is 8.97. The quantitative estimate of drug-likeness (QED) is 0.740. The first-order valence-corrected chi connectivity index (χ1v) is 8.39. The molecule has 21 heavy (non-hydrogen) atoms. The summed E-state index contributed by atoms with van der Waals surface area (Å²) in [6.07, 6.45) is 4.72. The third kappa shape index (κ3) is 3.17. The van der Waals surface area contributed by atoms with Gasteiger partial charge in [-0.3, -0.25) is 9.59 Å². The zero-order valence-electron chi connectivity index (χ0n) is 14.5. The number of ketones is 1. The number of rotatable bonds is 1. The van der Waals surface area contributed by atoms with Crippen LogP contribution in [-0.2, 0) is 9.59 Å². The fraction of sp³-hybridized carbons (Fsp3) is 0.889. The first-order valence-electron chi connectivity index (χ1n) is 8.39. The molecule has 0 aromatic carbocycles. The fourth-order valence-corrected chi connectivity index (χ4v) is 3.90. The van der Waals surface area contributed by atoms with Crippen LogP contribution in [0.4, 0.5) is 0 Å². The Morgan fingerprint density at radius 1 is 0.905 bits per heavy atom. The minimum atomic E-state index is -0.413. The van der Waals surface area contributed by atoms with Crippen LogP contribution in [0.15, 0.2) is 0 Å². The molecule has 1 aliphatic heterocycles. The van der Waals surface area contributed by atoms with Crippen LogP contribution in [0.5, 0.6) is 0 Å². The van der Waals surface area contributed by atoms with Crippen LogP contribution in [0, 0.1) is 22.7 Å². The molecule has 3 atom stereocenters. The average molecular weight is 293 g/mol. The van der Waals surface area contributed by atoms with E-state index in [2.05, 4.69) is 0 Å². The molecule has 1 heterocycles. The molecule has 0 radical (unpaired) electrons. The van der Waals surface area contributed by atoms with Gasteiger partial charge in [0.05, 0.1) is 6.04 Å². The molecule has 2 aliphatic rings. The number of hydrogen-bond donors (Lipinski definition) is 0. The van der Waals surface area contributed by atoms with Crippen molar-refractivity contribution in [1.29, 1.82) is 0 Å². The zero-order valence-corrected chi connectivity index (χ0v) is 14.5. The zero-order chi connectivity index (χ0) is 16.0. The molecule has 0 aromatic heterocycles. The molecule has 2 fully saturated rings. The van der Waals surface area contributed by atoms with Gasteiger partial charge in [-0.15, -0.1) is 0 Å². The molecule has 1 saturated carbocycles. The van der Waals surface area contributed by atoms with E-state index in [1.807, 2.05) is 46.4 Å². The van der Waals surface area contributed by atoms with E-state index in [9.17, 15) is 9.59 Å². The van der Waals surface area contributed by atoms with E-state index in [1.165, 1.54) is 19.3 Å². The topological polar surface area (TPSA) is 37.4 Å². The lowest BCUT2D eigenvalue weighted by atomic mass is 9.73. The van der Waals surface area contributed by atoms with Gasteiger partial charge >= 0.3 is 0 Å². The van der Waals surface area contributed by atoms with E-state index < -0.39 is 5.41 Å². The number of carbonyl (C=O) groups is 2. The highest BCUT2D eigenvalue weighted by atomic mass is 16.2. The molecule has 3 heteroatoms. The monoisotopic (exact) mass is 293 g/mol. The van der Waals surface area contributed by atoms with Crippen LogP contribution in [0.2, 0.25) is 0 Å². The minimum Gasteiger partial charge on any atom is -0.332 e. The summed E-state index contributed by atoms with van der Waals surface area (Å²) in [5.41, 5.74) is -0.794. The Balaban J connectivity index is 2.33. The van der Waals surface area contributed by atoms with Crippen molar-refractivity contribution in [3.05, 3.63) is 0 Å². The van der Waals surface area contributed by atoms with E-state index in [0.29, 0.717) is 11.8 Å². The number of carbonyl (C=O) groups excluding carboxylic acids is 2. The van der Waals surface area contributed by atoms with Gasteiger partial charge in [0.25, 0.3) is 0 Å². The molecule has 3 nitrogen and oxygen atoms in total. The minimum absolute atomic E-state index is 0.138. The Hall–Kier alpha value is -0.860. The normalized spacial score (nSPS) is 30.2. The highest BCUT2D eigenvalue weighted by Gasteiger charge is 2.51. The number of likely N-dealkylation sites (tertiary alicyclic amines) is 1. The van der Waals surface area contributed by atoms with Gasteiger partial charge in [-0.1, -0.05) is 54.4 Å². The van der Waals surface area contributed by atoms with Gasteiger partial charge in [0.2, 0.25) is 5.91 Å². The summed E-state index contributed by atoms with van der Waals surface area (Å²) >= 11 is 0. The molecular formula is C18H31NO2. The van der Waals surface area contributed by atoms with Crippen LogP contribution >= 0.6 is 0 Å². The summed E-state index contributed by atoms with van der Waals surface area (Å²) in [6, 6.07) is -0.193. The Bertz CT molecular complexity index is 427.